The van der Waals surface area contributed by atoms with E-state index >= 15 is 0 Å². The first-order valence-corrected chi connectivity index (χ1v) is 5.59. The van der Waals surface area contributed by atoms with Gasteiger partial charge in [0.1, 0.15) is 11.9 Å². The van der Waals surface area contributed by atoms with Crippen LogP contribution in [0.3, 0.4) is 0 Å². The predicted octanol–water partition coefficient (Wildman–Crippen LogP) is 1.88. The first kappa shape index (κ1) is 13.6. The van der Waals surface area contributed by atoms with Gasteiger partial charge >= 0.3 is 5.97 Å². The molecule has 0 aliphatic carbocycles. The Morgan fingerprint density at radius 2 is 2.12 bits per heavy atom. The fourth-order valence-electron chi connectivity index (χ4n) is 1.22. The Bertz CT molecular complexity index is 430. The highest BCUT2D eigenvalue weighted by molar-refractivity contribution is 9.10. The molecule has 1 amide bonds. The average Bonchev–Trinajstić information content (AvgIpc) is 2.27. The van der Waals surface area contributed by atoms with Crippen molar-refractivity contribution in [1.29, 1.82) is 0 Å². The normalized spacial score (nSPS) is 11.8. The van der Waals surface area contributed by atoms with Crippen LogP contribution in [0.4, 0.5) is 4.39 Å². The summed E-state index contributed by atoms with van der Waals surface area (Å²) in [5.74, 6) is -1.92. The highest BCUT2D eigenvalue weighted by atomic mass is 79.9. The Kier molecular flexibility index (Phi) is 4.62. The standard InChI is InChI=1S/C11H11BrFNO3/c1-6(11(16)17-2)14-10(15)9-7(12)4-3-5-8(9)13/h3-6H,1-2H3,(H,14,15)/t6-/m0/s1. The minimum atomic E-state index is -0.834. The van der Waals surface area contributed by atoms with Crippen LogP contribution in [0, 0.1) is 5.82 Å². The molecule has 4 nitrogen and oxygen atoms in total. The quantitative estimate of drug-likeness (QED) is 0.868. The number of halogens is 2. The van der Waals surface area contributed by atoms with Gasteiger partial charge in [-0.1, -0.05) is 6.07 Å². The number of hydrogen-bond acceptors (Lipinski definition) is 3. The summed E-state index contributed by atoms with van der Waals surface area (Å²) in [7, 11) is 1.21. The zero-order chi connectivity index (χ0) is 13.0. The third-order valence-electron chi connectivity index (χ3n) is 2.09. The molecule has 0 saturated carbocycles. The van der Waals surface area contributed by atoms with E-state index in [-0.39, 0.29) is 5.56 Å². The molecule has 1 aromatic carbocycles. The van der Waals surface area contributed by atoms with Crippen LogP contribution in [0.15, 0.2) is 22.7 Å². The number of nitrogens with one attached hydrogen (secondary N) is 1. The number of carbonyl (C=O) groups excluding carboxylic acids is 2. The van der Waals surface area contributed by atoms with Crippen LogP contribution in [-0.4, -0.2) is 25.0 Å². The van der Waals surface area contributed by atoms with Gasteiger partial charge in [-0.25, -0.2) is 9.18 Å². The van der Waals surface area contributed by atoms with Gasteiger partial charge in [0.2, 0.25) is 0 Å². The van der Waals surface area contributed by atoms with Crippen LogP contribution < -0.4 is 5.32 Å². The molecule has 0 bridgehead atoms. The summed E-state index contributed by atoms with van der Waals surface area (Å²) < 4.78 is 18.2. The van der Waals surface area contributed by atoms with E-state index in [1.54, 1.807) is 6.07 Å². The van der Waals surface area contributed by atoms with Gasteiger partial charge in [0.25, 0.3) is 5.91 Å². The maximum Gasteiger partial charge on any atom is 0.328 e. The third-order valence-corrected chi connectivity index (χ3v) is 2.75. The molecule has 0 aromatic heterocycles. The van der Waals surface area contributed by atoms with E-state index in [0.717, 1.165) is 0 Å². The second-order valence-corrected chi connectivity index (χ2v) is 4.17. The second kappa shape index (κ2) is 5.77. The van der Waals surface area contributed by atoms with Crippen LogP contribution >= 0.6 is 15.9 Å². The molecular weight excluding hydrogens is 293 g/mol. The van der Waals surface area contributed by atoms with Gasteiger partial charge in [-0.05, 0) is 35.0 Å². The van der Waals surface area contributed by atoms with E-state index in [9.17, 15) is 14.0 Å². The van der Waals surface area contributed by atoms with E-state index < -0.39 is 23.7 Å². The molecule has 0 aliphatic rings. The Hall–Kier alpha value is -1.43. The highest BCUT2D eigenvalue weighted by Crippen LogP contribution is 2.19. The molecular formula is C11H11BrFNO3. The zero-order valence-electron chi connectivity index (χ0n) is 9.29. The van der Waals surface area contributed by atoms with Crippen molar-refractivity contribution in [3.05, 3.63) is 34.1 Å². The summed E-state index contributed by atoms with van der Waals surface area (Å²) in [5.41, 5.74) is -0.136. The van der Waals surface area contributed by atoms with E-state index in [0.29, 0.717) is 4.47 Å². The molecule has 1 aromatic rings. The molecule has 0 heterocycles. The lowest BCUT2D eigenvalue weighted by Crippen LogP contribution is -2.39. The Morgan fingerprint density at radius 3 is 2.65 bits per heavy atom. The predicted molar refractivity (Wildman–Crippen MR) is 63.0 cm³/mol. The molecule has 17 heavy (non-hydrogen) atoms. The topological polar surface area (TPSA) is 55.4 Å². The largest absolute Gasteiger partial charge is 0.467 e. The minimum Gasteiger partial charge on any atom is -0.467 e. The molecule has 1 N–H and O–H groups in total. The van der Waals surface area contributed by atoms with Crippen molar-refractivity contribution in [1.82, 2.24) is 5.32 Å². The van der Waals surface area contributed by atoms with Crippen molar-refractivity contribution in [2.75, 3.05) is 7.11 Å². The van der Waals surface area contributed by atoms with Gasteiger partial charge in [-0.3, -0.25) is 4.79 Å². The molecule has 6 heteroatoms. The molecule has 92 valence electrons. The smallest absolute Gasteiger partial charge is 0.328 e. The average molecular weight is 304 g/mol. The molecule has 0 fully saturated rings. The molecule has 1 atom stereocenters. The number of rotatable bonds is 3. The van der Waals surface area contributed by atoms with Crippen LogP contribution in [0.2, 0.25) is 0 Å². The van der Waals surface area contributed by atoms with Crippen molar-refractivity contribution in [3.63, 3.8) is 0 Å². The number of benzene rings is 1. The lowest BCUT2D eigenvalue weighted by molar-refractivity contribution is -0.142. The Balaban J connectivity index is 2.87. The van der Waals surface area contributed by atoms with Crippen molar-refractivity contribution < 1.29 is 18.7 Å². The van der Waals surface area contributed by atoms with Crippen molar-refractivity contribution in [2.45, 2.75) is 13.0 Å². The van der Waals surface area contributed by atoms with Crippen LogP contribution in [0.5, 0.6) is 0 Å². The second-order valence-electron chi connectivity index (χ2n) is 3.31. The summed E-state index contributed by atoms with van der Waals surface area (Å²) in [6, 6.07) is 3.35. The minimum absolute atomic E-state index is 0.136. The molecule has 0 saturated heterocycles. The summed E-state index contributed by atoms with van der Waals surface area (Å²) >= 11 is 3.07. The fourth-order valence-corrected chi connectivity index (χ4v) is 1.74. The van der Waals surface area contributed by atoms with Crippen molar-refractivity contribution >= 4 is 27.8 Å². The fraction of sp³-hybridized carbons (Fsp3) is 0.273. The van der Waals surface area contributed by atoms with Crippen LogP contribution in [0.1, 0.15) is 17.3 Å². The number of ether oxygens (including phenoxy) is 1. The Labute approximate surface area is 106 Å². The lowest BCUT2D eigenvalue weighted by atomic mass is 10.2. The van der Waals surface area contributed by atoms with Gasteiger partial charge in [0.15, 0.2) is 0 Å². The number of hydrogen-bond donors (Lipinski definition) is 1. The van der Waals surface area contributed by atoms with Crippen LogP contribution in [-0.2, 0) is 9.53 Å². The van der Waals surface area contributed by atoms with Crippen molar-refractivity contribution in [3.8, 4) is 0 Å². The third kappa shape index (κ3) is 3.26. The molecule has 1 rings (SSSR count). The van der Waals surface area contributed by atoms with Crippen LogP contribution in [0.25, 0.3) is 0 Å². The summed E-state index contributed by atoms with van der Waals surface area (Å²) in [5, 5.41) is 2.35. The van der Waals surface area contributed by atoms with Gasteiger partial charge in [0, 0.05) is 4.47 Å². The molecule has 0 unspecified atom stereocenters. The summed E-state index contributed by atoms with van der Waals surface area (Å²) in [4.78, 5) is 22.8. The van der Waals surface area contributed by atoms with E-state index in [1.807, 2.05) is 0 Å². The van der Waals surface area contributed by atoms with E-state index in [4.69, 9.17) is 0 Å². The number of carbonyl (C=O) groups is 2. The summed E-state index contributed by atoms with van der Waals surface area (Å²) in [6.45, 7) is 1.46. The van der Waals surface area contributed by atoms with Gasteiger partial charge in [0.05, 0.1) is 12.7 Å². The SMILES string of the molecule is COC(=O)[C@H](C)NC(=O)c1c(F)cccc1Br. The summed E-state index contributed by atoms with van der Waals surface area (Å²) in [6.07, 6.45) is 0. The van der Waals surface area contributed by atoms with E-state index in [2.05, 4.69) is 26.0 Å². The molecule has 0 spiro atoms. The van der Waals surface area contributed by atoms with Crippen molar-refractivity contribution in [2.24, 2.45) is 0 Å². The number of methoxy groups -OCH3 is 1. The lowest BCUT2D eigenvalue weighted by Gasteiger charge is -2.12. The van der Waals surface area contributed by atoms with Gasteiger partial charge < -0.3 is 10.1 Å². The molecule has 0 radical (unpaired) electrons. The van der Waals surface area contributed by atoms with Gasteiger partial charge in [-0.15, -0.1) is 0 Å². The monoisotopic (exact) mass is 303 g/mol. The number of amides is 1. The maximum atomic E-state index is 13.4. The maximum absolute atomic E-state index is 13.4. The Morgan fingerprint density at radius 1 is 1.47 bits per heavy atom. The molecule has 0 aliphatic heterocycles. The first-order valence-electron chi connectivity index (χ1n) is 4.80. The first-order chi connectivity index (χ1) is 7.97. The van der Waals surface area contributed by atoms with E-state index in [1.165, 1.54) is 26.2 Å². The highest BCUT2D eigenvalue weighted by Gasteiger charge is 2.20. The van der Waals surface area contributed by atoms with Gasteiger partial charge in [-0.2, -0.15) is 0 Å². The zero-order valence-corrected chi connectivity index (χ0v) is 10.9. The number of esters is 1.